The van der Waals surface area contributed by atoms with Crippen LogP contribution in [0.4, 0.5) is 15.0 Å². The molecular formula is C23H26FN5O2. The first-order chi connectivity index (χ1) is 14.8. The Bertz CT molecular complexity index is 1040. The summed E-state index contributed by atoms with van der Waals surface area (Å²) in [5.41, 5.74) is 3.04. The van der Waals surface area contributed by atoms with Gasteiger partial charge in [-0.3, -0.25) is 10.1 Å². The maximum absolute atomic E-state index is 13.4. The van der Waals surface area contributed by atoms with Crippen LogP contribution in [0.3, 0.4) is 0 Å². The number of nitrogens with zero attached hydrogens (tertiary/aromatic N) is 4. The summed E-state index contributed by atoms with van der Waals surface area (Å²) in [7, 11) is 0. The van der Waals surface area contributed by atoms with E-state index in [-0.39, 0.29) is 11.9 Å². The number of ether oxygens (including phenoxy) is 1. The Morgan fingerprint density at radius 2 is 1.65 bits per heavy atom. The van der Waals surface area contributed by atoms with Gasteiger partial charge in [-0.05, 0) is 62.7 Å². The van der Waals surface area contributed by atoms with E-state index in [0.717, 1.165) is 28.2 Å². The zero-order valence-electron chi connectivity index (χ0n) is 17.9. The van der Waals surface area contributed by atoms with Crippen molar-refractivity contribution in [2.45, 2.75) is 26.4 Å². The van der Waals surface area contributed by atoms with Crippen molar-refractivity contribution in [3.05, 3.63) is 54.6 Å². The van der Waals surface area contributed by atoms with Gasteiger partial charge >= 0.3 is 6.09 Å². The summed E-state index contributed by atoms with van der Waals surface area (Å²) in [4.78, 5) is 20.4. The zero-order chi connectivity index (χ0) is 22.0. The number of aromatic amines is 1. The highest BCUT2D eigenvalue weighted by molar-refractivity contribution is 5.89. The fourth-order valence-electron chi connectivity index (χ4n) is 3.61. The summed E-state index contributed by atoms with van der Waals surface area (Å²) < 4.78 is 18.9. The Morgan fingerprint density at radius 1 is 1.00 bits per heavy atom. The smallest absolute Gasteiger partial charge is 0.410 e. The number of hydrogen-bond donors (Lipinski definition) is 1. The first-order valence-electron chi connectivity index (χ1n) is 10.3. The molecule has 1 amide bonds. The second-order valence-electron chi connectivity index (χ2n) is 8.49. The number of carbonyl (C=O) groups is 1. The highest BCUT2D eigenvalue weighted by Gasteiger charge is 2.29. The predicted octanol–water partition coefficient (Wildman–Crippen LogP) is 4.33. The molecule has 1 aliphatic heterocycles. The number of pyridine rings is 1. The van der Waals surface area contributed by atoms with Gasteiger partial charge < -0.3 is 14.5 Å². The molecule has 1 aliphatic rings. The summed E-state index contributed by atoms with van der Waals surface area (Å²) in [5, 5.41) is 7.73. The number of rotatable bonds is 3. The van der Waals surface area contributed by atoms with Crippen LogP contribution in [0, 0.1) is 5.82 Å². The number of nitrogens with one attached hydrogen (secondary N) is 1. The van der Waals surface area contributed by atoms with E-state index >= 15 is 0 Å². The standard InChI is InChI=1S/C23H26FN5O2/c1-23(2,3)31-22(30)29-14-12-28(13-15-29)21-19(16-8-10-25-11-9-16)20(26-27-21)17-4-6-18(24)7-5-17/h4-11H,12-15H2,1-3H3,(H,26,27). The van der Waals surface area contributed by atoms with Gasteiger partial charge in [0.1, 0.15) is 11.4 Å². The van der Waals surface area contributed by atoms with Crippen LogP contribution in [0.15, 0.2) is 48.8 Å². The van der Waals surface area contributed by atoms with E-state index in [1.54, 1.807) is 29.4 Å². The Labute approximate surface area is 180 Å². The van der Waals surface area contributed by atoms with Crippen LogP contribution in [0.2, 0.25) is 0 Å². The summed E-state index contributed by atoms with van der Waals surface area (Å²) in [6.07, 6.45) is 3.18. The molecule has 162 valence electrons. The minimum absolute atomic E-state index is 0.285. The molecule has 0 aliphatic carbocycles. The first kappa shape index (κ1) is 20.8. The molecule has 2 aromatic heterocycles. The molecule has 1 aromatic carbocycles. The Balaban J connectivity index is 1.61. The lowest BCUT2D eigenvalue weighted by molar-refractivity contribution is 0.0240. The lowest BCUT2D eigenvalue weighted by Crippen LogP contribution is -2.50. The maximum atomic E-state index is 13.4. The number of aromatic nitrogens is 3. The van der Waals surface area contributed by atoms with E-state index in [9.17, 15) is 9.18 Å². The minimum atomic E-state index is -0.519. The quantitative estimate of drug-likeness (QED) is 0.679. The van der Waals surface area contributed by atoms with Gasteiger partial charge in [-0.2, -0.15) is 5.10 Å². The van der Waals surface area contributed by atoms with E-state index < -0.39 is 5.60 Å². The molecule has 1 N–H and O–H groups in total. The van der Waals surface area contributed by atoms with E-state index in [0.29, 0.717) is 26.2 Å². The van der Waals surface area contributed by atoms with Crippen LogP contribution in [-0.4, -0.2) is 58.0 Å². The van der Waals surface area contributed by atoms with Gasteiger partial charge in [0.15, 0.2) is 5.82 Å². The number of anilines is 1. The number of halogens is 1. The molecule has 0 radical (unpaired) electrons. The molecule has 0 atom stereocenters. The van der Waals surface area contributed by atoms with Crippen molar-refractivity contribution in [1.82, 2.24) is 20.1 Å². The highest BCUT2D eigenvalue weighted by atomic mass is 19.1. The molecule has 0 spiro atoms. The molecule has 0 saturated carbocycles. The molecule has 3 heterocycles. The highest BCUT2D eigenvalue weighted by Crippen LogP contribution is 2.38. The van der Waals surface area contributed by atoms with E-state index in [1.165, 1.54) is 12.1 Å². The van der Waals surface area contributed by atoms with Gasteiger partial charge in [0.05, 0.1) is 11.3 Å². The molecule has 8 heteroatoms. The minimum Gasteiger partial charge on any atom is -0.444 e. The molecule has 3 aromatic rings. The van der Waals surface area contributed by atoms with Gasteiger partial charge in [-0.15, -0.1) is 0 Å². The Kier molecular flexibility index (Phi) is 5.63. The lowest BCUT2D eigenvalue weighted by Gasteiger charge is -2.36. The SMILES string of the molecule is CC(C)(C)OC(=O)N1CCN(c2n[nH]c(-c3ccc(F)cc3)c2-c2ccncc2)CC1. The monoisotopic (exact) mass is 423 g/mol. The topological polar surface area (TPSA) is 74.3 Å². The maximum Gasteiger partial charge on any atom is 0.410 e. The van der Waals surface area contributed by atoms with Gasteiger partial charge in [0.25, 0.3) is 0 Å². The Morgan fingerprint density at radius 3 is 2.26 bits per heavy atom. The van der Waals surface area contributed by atoms with E-state index in [1.807, 2.05) is 32.9 Å². The molecule has 1 saturated heterocycles. The fraction of sp³-hybridized carbons (Fsp3) is 0.348. The number of H-pyrrole nitrogens is 1. The third-order valence-corrected chi connectivity index (χ3v) is 5.08. The predicted molar refractivity (Wildman–Crippen MR) is 117 cm³/mol. The lowest BCUT2D eigenvalue weighted by atomic mass is 10.0. The number of carbonyl (C=O) groups excluding carboxylic acids is 1. The van der Waals surface area contributed by atoms with Gasteiger partial charge in [0, 0.05) is 44.1 Å². The third kappa shape index (κ3) is 4.68. The number of amides is 1. The van der Waals surface area contributed by atoms with Crippen molar-refractivity contribution < 1.29 is 13.9 Å². The van der Waals surface area contributed by atoms with Crippen LogP contribution in [-0.2, 0) is 4.74 Å². The summed E-state index contributed by atoms with van der Waals surface area (Å²) in [6, 6.07) is 10.2. The second-order valence-corrected chi connectivity index (χ2v) is 8.49. The second kappa shape index (κ2) is 8.37. The number of benzene rings is 1. The third-order valence-electron chi connectivity index (χ3n) is 5.08. The van der Waals surface area contributed by atoms with Crippen LogP contribution < -0.4 is 4.90 Å². The largest absolute Gasteiger partial charge is 0.444 e. The molecule has 0 unspecified atom stereocenters. The van der Waals surface area contributed by atoms with Gasteiger partial charge in [0.2, 0.25) is 0 Å². The normalized spacial score (nSPS) is 14.6. The van der Waals surface area contributed by atoms with Crippen molar-refractivity contribution >= 4 is 11.9 Å². The summed E-state index contributed by atoms with van der Waals surface area (Å²) in [6.45, 7) is 7.94. The van der Waals surface area contributed by atoms with E-state index in [4.69, 9.17) is 4.74 Å². The molecule has 7 nitrogen and oxygen atoms in total. The van der Waals surface area contributed by atoms with Crippen molar-refractivity contribution in [3.63, 3.8) is 0 Å². The van der Waals surface area contributed by atoms with Crippen LogP contribution in [0.1, 0.15) is 20.8 Å². The van der Waals surface area contributed by atoms with Crippen LogP contribution >= 0.6 is 0 Å². The fourth-order valence-corrected chi connectivity index (χ4v) is 3.61. The number of hydrogen-bond acceptors (Lipinski definition) is 5. The molecule has 4 rings (SSSR count). The van der Waals surface area contributed by atoms with Crippen molar-refractivity contribution in [1.29, 1.82) is 0 Å². The average Bonchev–Trinajstić information content (AvgIpc) is 3.19. The Hall–Kier alpha value is -3.42. The van der Waals surface area contributed by atoms with Crippen molar-refractivity contribution in [2.24, 2.45) is 0 Å². The first-order valence-corrected chi connectivity index (χ1v) is 10.3. The van der Waals surface area contributed by atoms with Crippen LogP contribution in [0.25, 0.3) is 22.4 Å². The van der Waals surface area contributed by atoms with E-state index in [2.05, 4.69) is 20.1 Å². The summed E-state index contributed by atoms with van der Waals surface area (Å²) in [5.74, 6) is 0.515. The zero-order valence-corrected chi connectivity index (χ0v) is 17.9. The van der Waals surface area contributed by atoms with Crippen LogP contribution in [0.5, 0.6) is 0 Å². The molecule has 31 heavy (non-hydrogen) atoms. The van der Waals surface area contributed by atoms with Crippen molar-refractivity contribution in [3.8, 4) is 22.4 Å². The van der Waals surface area contributed by atoms with Crippen molar-refractivity contribution in [2.75, 3.05) is 31.1 Å². The average molecular weight is 423 g/mol. The molecule has 1 fully saturated rings. The van der Waals surface area contributed by atoms with Gasteiger partial charge in [-0.25, -0.2) is 9.18 Å². The summed E-state index contributed by atoms with van der Waals surface area (Å²) >= 11 is 0. The van der Waals surface area contributed by atoms with Gasteiger partial charge in [-0.1, -0.05) is 0 Å². The molecular weight excluding hydrogens is 397 g/mol. The molecule has 0 bridgehead atoms. The number of piperazine rings is 1.